The summed E-state index contributed by atoms with van der Waals surface area (Å²) in [4.78, 5) is 14.2. The Hall–Kier alpha value is -2.41. The molecule has 7 heteroatoms. The molecule has 1 aromatic carbocycles. The zero-order valence-corrected chi connectivity index (χ0v) is 17.4. The highest BCUT2D eigenvalue weighted by Gasteiger charge is 2.22. The van der Waals surface area contributed by atoms with Gasteiger partial charge in [-0.2, -0.15) is 9.97 Å². The molecular formula is C21H28N6S. The van der Waals surface area contributed by atoms with Crippen LogP contribution in [0.15, 0.2) is 30.3 Å². The Morgan fingerprint density at radius 1 is 0.964 bits per heavy atom. The van der Waals surface area contributed by atoms with Gasteiger partial charge in [0.2, 0.25) is 5.95 Å². The van der Waals surface area contributed by atoms with E-state index < -0.39 is 0 Å². The van der Waals surface area contributed by atoms with Gasteiger partial charge in [0.1, 0.15) is 11.6 Å². The van der Waals surface area contributed by atoms with Crippen molar-refractivity contribution in [2.45, 2.75) is 52.2 Å². The number of benzene rings is 1. The minimum atomic E-state index is 0.262. The van der Waals surface area contributed by atoms with Crippen LogP contribution < -0.4 is 20.4 Å². The second-order valence-corrected chi connectivity index (χ2v) is 8.24. The van der Waals surface area contributed by atoms with Gasteiger partial charge >= 0.3 is 0 Å². The minimum Gasteiger partial charge on any atom is -0.360 e. The largest absolute Gasteiger partial charge is 0.360 e. The number of hydrogen-bond acceptors (Lipinski definition) is 5. The lowest BCUT2D eigenvalue weighted by Gasteiger charge is -2.29. The van der Waals surface area contributed by atoms with Crippen molar-refractivity contribution in [1.29, 1.82) is 0 Å². The molecule has 1 aromatic heterocycles. The van der Waals surface area contributed by atoms with Crippen molar-refractivity contribution in [2.24, 2.45) is 0 Å². The molecule has 4 rings (SSSR count). The van der Waals surface area contributed by atoms with Gasteiger partial charge in [0, 0.05) is 38.3 Å². The van der Waals surface area contributed by atoms with Crippen molar-refractivity contribution in [3.8, 4) is 0 Å². The van der Waals surface area contributed by atoms with Crippen LogP contribution in [0.1, 0.15) is 44.2 Å². The molecule has 148 valence electrons. The van der Waals surface area contributed by atoms with Crippen LogP contribution in [-0.4, -0.2) is 34.2 Å². The Morgan fingerprint density at radius 3 is 2.18 bits per heavy atom. The predicted molar refractivity (Wildman–Crippen MR) is 119 cm³/mol. The molecule has 0 saturated carbocycles. The van der Waals surface area contributed by atoms with Gasteiger partial charge in [0.25, 0.3) is 0 Å². The molecule has 3 heterocycles. The number of piperidine rings is 1. The summed E-state index contributed by atoms with van der Waals surface area (Å²) in [5.41, 5.74) is 2.74. The molecule has 0 spiro atoms. The van der Waals surface area contributed by atoms with E-state index in [0.29, 0.717) is 11.1 Å². The van der Waals surface area contributed by atoms with E-state index >= 15 is 0 Å². The summed E-state index contributed by atoms with van der Waals surface area (Å²) in [6.45, 7) is 7.97. The van der Waals surface area contributed by atoms with Crippen LogP contribution in [0.25, 0.3) is 0 Å². The van der Waals surface area contributed by atoms with Crippen molar-refractivity contribution < 1.29 is 0 Å². The van der Waals surface area contributed by atoms with Gasteiger partial charge < -0.3 is 20.4 Å². The zero-order valence-electron chi connectivity index (χ0n) is 16.6. The van der Waals surface area contributed by atoms with E-state index in [2.05, 4.69) is 64.6 Å². The van der Waals surface area contributed by atoms with E-state index in [1.807, 2.05) is 0 Å². The first-order valence-corrected chi connectivity index (χ1v) is 10.5. The van der Waals surface area contributed by atoms with Gasteiger partial charge in [-0.15, -0.1) is 0 Å². The summed E-state index contributed by atoms with van der Waals surface area (Å²) < 4.78 is 0. The van der Waals surface area contributed by atoms with Gasteiger partial charge in [-0.05, 0) is 56.5 Å². The lowest BCUT2D eigenvalue weighted by molar-refractivity contribution is 0.573. The summed E-state index contributed by atoms with van der Waals surface area (Å²) in [5, 5.41) is 6.95. The minimum absolute atomic E-state index is 0.262. The van der Waals surface area contributed by atoms with E-state index in [0.717, 1.165) is 37.8 Å². The molecule has 0 amide bonds. The summed E-state index contributed by atoms with van der Waals surface area (Å²) in [7, 11) is 0. The maximum atomic E-state index is 5.42. The second kappa shape index (κ2) is 8.31. The zero-order chi connectivity index (χ0) is 19.5. The standard InChI is InChI=1S/C21H28N6S/c1-15(2)22-21(28)25-20-23-18(26-10-6-3-7-11-26)12-19(24-20)27-13-16-8-4-5-9-17(16)14-27/h4-5,8-9,12,15H,3,6-7,10-11,13-14H2,1-2H3,(H2,22,23,24,25,28). The third-order valence-corrected chi connectivity index (χ3v) is 5.41. The molecule has 6 nitrogen and oxygen atoms in total. The highest BCUT2D eigenvalue weighted by atomic mass is 32.1. The van der Waals surface area contributed by atoms with Gasteiger partial charge in [-0.25, -0.2) is 0 Å². The topological polar surface area (TPSA) is 56.3 Å². The summed E-state index contributed by atoms with van der Waals surface area (Å²) in [6, 6.07) is 11.0. The van der Waals surface area contributed by atoms with Gasteiger partial charge in [-0.1, -0.05) is 24.3 Å². The first-order chi connectivity index (χ1) is 13.6. The van der Waals surface area contributed by atoms with Crippen LogP contribution in [0.3, 0.4) is 0 Å². The molecule has 1 fully saturated rings. The third kappa shape index (κ3) is 4.35. The Kier molecular flexibility index (Phi) is 5.62. The fourth-order valence-corrected chi connectivity index (χ4v) is 4.15. The number of anilines is 3. The maximum absolute atomic E-state index is 5.42. The van der Waals surface area contributed by atoms with Crippen LogP contribution in [0, 0.1) is 0 Å². The number of aromatic nitrogens is 2. The van der Waals surface area contributed by atoms with Gasteiger partial charge in [0.05, 0.1) is 0 Å². The van der Waals surface area contributed by atoms with E-state index in [1.54, 1.807) is 0 Å². The molecule has 0 bridgehead atoms. The molecular weight excluding hydrogens is 368 g/mol. The van der Waals surface area contributed by atoms with Crippen molar-refractivity contribution in [1.82, 2.24) is 15.3 Å². The van der Waals surface area contributed by atoms with Crippen molar-refractivity contribution >= 4 is 34.9 Å². The molecule has 2 aliphatic rings. The van der Waals surface area contributed by atoms with E-state index in [-0.39, 0.29) is 6.04 Å². The molecule has 2 N–H and O–H groups in total. The lowest BCUT2D eigenvalue weighted by Crippen LogP contribution is -2.35. The highest BCUT2D eigenvalue weighted by Crippen LogP contribution is 2.30. The molecule has 2 aliphatic heterocycles. The average molecular weight is 397 g/mol. The summed E-state index contributed by atoms with van der Waals surface area (Å²) >= 11 is 5.42. The van der Waals surface area contributed by atoms with Crippen LogP contribution in [-0.2, 0) is 13.1 Å². The summed E-state index contributed by atoms with van der Waals surface area (Å²) in [5.74, 6) is 2.49. The first-order valence-electron chi connectivity index (χ1n) is 10.1. The Morgan fingerprint density at radius 2 is 1.57 bits per heavy atom. The highest BCUT2D eigenvalue weighted by molar-refractivity contribution is 7.80. The van der Waals surface area contributed by atoms with E-state index in [4.69, 9.17) is 22.2 Å². The number of nitrogens with one attached hydrogen (secondary N) is 2. The first kappa shape index (κ1) is 18.9. The number of nitrogens with zero attached hydrogens (tertiary/aromatic N) is 4. The normalized spacial score (nSPS) is 16.2. The second-order valence-electron chi connectivity index (χ2n) is 7.83. The molecule has 28 heavy (non-hydrogen) atoms. The SMILES string of the molecule is CC(C)NC(=S)Nc1nc(N2CCCCC2)cc(N2Cc3ccccc3C2)n1. The molecule has 0 atom stereocenters. The van der Waals surface area contributed by atoms with Crippen molar-refractivity contribution in [3.05, 3.63) is 41.5 Å². The third-order valence-electron chi connectivity index (χ3n) is 5.19. The number of rotatable bonds is 4. The van der Waals surface area contributed by atoms with E-state index in [1.165, 1.54) is 30.4 Å². The van der Waals surface area contributed by atoms with Crippen LogP contribution in [0.5, 0.6) is 0 Å². The lowest BCUT2D eigenvalue weighted by atomic mass is 10.1. The summed E-state index contributed by atoms with van der Waals surface area (Å²) in [6.07, 6.45) is 3.72. The molecule has 0 radical (unpaired) electrons. The van der Waals surface area contributed by atoms with Gasteiger partial charge in [-0.3, -0.25) is 0 Å². The number of thiocarbonyl (C=S) groups is 1. The van der Waals surface area contributed by atoms with Crippen molar-refractivity contribution in [2.75, 3.05) is 28.2 Å². The van der Waals surface area contributed by atoms with Gasteiger partial charge in [0.15, 0.2) is 5.11 Å². The Bertz CT molecular complexity index is 822. The molecule has 2 aromatic rings. The Labute approximate surface area is 172 Å². The van der Waals surface area contributed by atoms with Crippen LogP contribution >= 0.6 is 12.2 Å². The molecule has 0 unspecified atom stereocenters. The quantitative estimate of drug-likeness (QED) is 0.765. The smallest absolute Gasteiger partial charge is 0.232 e. The monoisotopic (exact) mass is 396 g/mol. The fraction of sp³-hybridized carbons (Fsp3) is 0.476. The Balaban J connectivity index is 1.61. The molecule has 0 aliphatic carbocycles. The van der Waals surface area contributed by atoms with Crippen LogP contribution in [0.2, 0.25) is 0 Å². The predicted octanol–water partition coefficient (Wildman–Crippen LogP) is 3.68. The average Bonchev–Trinajstić information content (AvgIpc) is 3.12. The fourth-order valence-electron chi connectivity index (χ4n) is 3.82. The van der Waals surface area contributed by atoms with Crippen LogP contribution in [0.4, 0.5) is 17.6 Å². The number of fused-ring (bicyclic) bond motifs is 1. The molecule has 1 saturated heterocycles. The van der Waals surface area contributed by atoms with E-state index in [9.17, 15) is 0 Å². The number of hydrogen-bond donors (Lipinski definition) is 2. The maximum Gasteiger partial charge on any atom is 0.232 e. The van der Waals surface area contributed by atoms with Crippen molar-refractivity contribution in [3.63, 3.8) is 0 Å².